The maximum absolute atomic E-state index is 13.5. The number of carboxylic acids is 1. The van der Waals surface area contributed by atoms with Crippen LogP contribution in [0.25, 0.3) is 0 Å². The lowest BCUT2D eigenvalue weighted by atomic mass is 10.0. The van der Waals surface area contributed by atoms with Gasteiger partial charge < -0.3 is 53.6 Å². The van der Waals surface area contributed by atoms with Crippen LogP contribution in [0, 0.1) is 0 Å². The van der Waals surface area contributed by atoms with Gasteiger partial charge in [-0.15, -0.1) is 0 Å². The van der Waals surface area contributed by atoms with Gasteiger partial charge in [0.2, 0.25) is 17.7 Å². The van der Waals surface area contributed by atoms with E-state index in [1.165, 1.54) is 55.5 Å². The summed E-state index contributed by atoms with van der Waals surface area (Å²) >= 11 is 0. The van der Waals surface area contributed by atoms with Crippen LogP contribution in [-0.2, 0) is 32.0 Å². The molecule has 2 aromatic carbocycles. The molecule has 0 radical (unpaired) electrons. The van der Waals surface area contributed by atoms with E-state index in [9.17, 15) is 39.6 Å². The Morgan fingerprint density at radius 2 is 1.19 bits per heavy atom. The first-order valence-electron chi connectivity index (χ1n) is 13.5. The van der Waals surface area contributed by atoms with E-state index >= 15 is 0 Å². The van der Waals surface area contributed by atoms with Crippen molar-refractivity contribution in [3.8, 4) is 11.5 Å². The summed E-state index contributed by atoms with van der Waals surface area (Å²) in [6, 6.07) is 6.47. The Kier molecular flexibility index (Phi) is 13.2. The van der Waals surface area contributed by atoms with E-state index in [0.29, 0.717) is 11.1 Å². The smallest absolute Gasteiger partial charge is 0.326 e. The van der Waals surface area contributed by atoms with E-state index < -0.39 is 54.0 Å². The molecule has 0 fully saturated rings. The second-order valence-electron chi connectivity index (χ2n) is 9.98. The van der Waals surface area contributed by atoms with Gasteiger partial charge in [-0.05, 0) is 55.2 Å². The van der Waals surface area contributed by atoms with Gasteiger partial charge in [0.1, 0.15) is 35.7 Å². The van der Waals surface area contributed by atoms with Crippen molar-refractivity contribution in [2.45, 2.75) is 62.9 Å². The molecule has 15 nitrogen and oxygen atoms in total. The number of phenols is 2. The second kappa shape index (κ2) is 16.5. The molecule has 2 aromatic rings. The molecule has 5 unspecified atom stereocenters. The quantitative estimate of drug-likeness (QED) is 0.0581. The number of rotatable bonds is 16. The molecule has 13 N–H and O–H groups in total. The molecule has 0 spiro atoms. The average molecular weight is 602 g/mol. The molecule has 0 aliphatic rings. The Labute approximate surface area is 248 Å². The molecule has 0 aliphatic carbocycles. The number of hydrogen-bond acceptors (Lipinski definition) is 9. The SMILES string of the molecule is CC(O)C(N)C(=O)NC(Cc1ccc(O)cc1)C(=O)NC(Cc1ccc(O)cc1)C(=O)NC(CCCN=C(N)N)C(=O)O. The molecule has 15 heteroatoms. The summed E-state index contributed by atoms with van der Waals surface area (Å²) in [7, 11) is 0. The van der Waals surface area contributed by atoms with Gasteiger partial charge in [0, 0.05) is 19.4 Å². The number of aromatic hydroxyl groups is 2. The summed E-state index contributed by atoms with van der Waals surface area (Å²) in [5, 5.41) is 46.2. The van der Waals surface area contributed by atoms with Gasteiger partial charge in [-0.2, -0.15) is 0 Å². The van der Waals surface area contributed by atoms with Gasteiger partial charge >= 0.3 is 5.97 Å². The van der Waals surface area contributed by atoms with Crippen LogP contribution in [0.1, 0.15) is 30.9 Å². The number of benzene rings is 2. The van der Waals surface area contributed by atoms with Crippen molar-refractivity contribution in [1.29, 1.82) is 0 Å². The fraction of sp³-hybridized carbons (Fsp3) is 0.393. The third-order valence-corrected chi connectivity index (χ3v) is 6.40. The van der Waals surface area contributed by atoms with Gasteiger partial charge in [-0.25, -0.2) is 4.79 Å². The van der Waals surface area contributed by atoms with Gasteiger partial charge in [0.05, 0.1) is 6.10 Å². The molecule has 2 rings (SSSR count). The number of amides is 3. The number of aliphatic imine (C=N–C) groups is 1. The maximum Gasteiger partial charge on any atom is 0.326 e. The van der Waals surface area contributed by atoms with Crippen LogP contribution in [0.3, 0.4) is 0 Å². The monoisotopic (exact) mass is 601 g/mol. The second-order valence-corrected chi connectivity index (χ2v) is 9.98. The number of hydrogen-bond donors (Lipinski definition) is 10. The van der Waals surface area contributed by atoms with Crippen LogP contribution >= 0.6 is 0 Å². The number of nitrogens with one attached hydrogen (secondary N) is 3. The van der Waals surface area contributed by atoms with Gasteiger partial charge in [-0.3, -0.25) is 19.4 Å². The third-order valence-electron chi connectivity index (χ3n) is 6.40. The normalized spacial score (nSPS) is 14.3. The lowest BCUT2D eigenvalue weighted by Crippen LogP contribution is -2.59. The Bertz CT molecular complexity index is 1260. The zero-order chi connectivity index (χ0) is 32.1. The molecule has 0 heterocycles. The average Bonchev–Trinajstić information content (AvgIpc) is 2.95. The highest BCUT2D eigenvalue weighted by atomic mass is 16.4. The summed E-state index contributed by atoms with van der Waals surface area (Å²) in [5.74, 6) is -3.93. The molecular formula is C28H39N7O8. The van der Waals surface area contributed by atoms with Crippen molar-refractivity contribution in [3.05, 3.63) is 59.7 Å². The summed E-state index contributed by atoms with van der Waals surface area (Å²) < 4.78 is 0. The number of nitrogens with zero attached hydrogens (tertiary/aromatic N) is 1. The Morgan fingerprint density at radius 1 is 0.767 bits per heavy atom. The Hall–Kier alpha value is -4.89. The number of carbonyl (C=O) groups excluding carboxylic acids is 3. The number of aliphatic carboxylic acids is 1. The molecule has 43 heavy (non-hydrogen) atoms. The Balaban J connectivity index is 2.32. The first-order chi connectivity index (χ1) is 20.3. The number of guanidine groups is 1. The van der Waals surface area contributed by atoms with Crippen LogP contribution in [-0.4, -0.2) is 86.9 Å². The molecule has 0 saturated heterocycles. The van der Waals surface area contributed by atoms with E-state index in [1.54, 1.807) is 0 Å². The summed E-state index contributed by atoms with van der Waals surface area (Å²) in [6.07, 6.45) is -1.14. The lowest BCUT2D eigenvalue weighted by Gasteiger charge is -2.26. The van der Waals surface area contributed by atoms with Crippen molar-refractivity contribution in [3.63, 3.8) is 0 Å². The lowest BCUT2D eigenvalue weighted by molar-refractivity contribution is -0.142. The topological polar surface area (TPSA) is 276 Å². The minimum Gasteiger partial charge on any atom is -0.508 e. The van der Waals surface area contributed by atoms with Gasteiger partial charge in [-0.1, -0.05) is 24.3 Å². The van der Waals surface area contributed by atoms with Crippen molar-refractivity contribution in [2.24, 2.45) is 22.2 Å². The maximum atomic E-state index is 13.5. The minimum absolute atomic E-state index is 0.00546. The summed E-state index contributed by atoms with van der Waals surface area (Å²) in [5.41, 5.74) is 17.4. The fourth-order valence-corrected chi connectivity index (χ4v) is 3.95. The number of carbonyl (C=O) groups is 4. The van der Waals surface area contributed by atoms with Crippen molar-refractivity contribution in [1.82, 2.24) is 16.0 Å². The van der Waals surface area contributed by atoms with Gasteiger partial charge in [0.15, 0.2) is 5.96 Å². The molecule has 5 atom stereocenters. The van der Waals surface area contributed by atoms with Crippen LogP contribution in [0.5, 0.6) is 11.5 Å². The first-order valence-corrected chi connectivity index (χ1v) is 13.5. The highest BCUT2D eigenvalue weighted by molar-refractivity contribution is 5.94. The van der Waals surface area contributed by atoms with Crippen molar-refractivity contribution in [2.75, 3.05) is 6.54 Å². The number of aliphatic hydroxyl groups excluding tert-OH is 1. The molecule has 3 amide bonds. The molecule has 0 saturated carbocycles. The molecule has 0 aliphatic heterocycles. The number of nitrogens with two attached hydrogens (primary N) is 3. The summed E-state index contributed by atoms with van der Waals surface area (Å²) in [6.45, 7) is 1.45. The van der Waals surface area contributed by atoms with Crippen LogP contribution < -0.4 is 33.2 Å². The Morgan fingerprint density at radius 3 is 1.58 bits per heavy atom. The van der Waals surface area contributed by atoms with Gasteiger partial charge in [0.25, 0.3) is 0 Å². The van der Waals surface area contributed by atoms with E-state index in [2.05, 4.69) is 20.9 Å². The van der Waals surface area contributed by atoms with E-state index in [0.717, 1.165) is 0 Å². The van der Waals surface area contributed by atoms with E-state index in [1.807, 2.05) is 0 Å². The standard InChI is InChI=1S/C28H39N7O8/c1-15(36)23(29)26(41)35-22(14-17-6-10-19(38)11-7-17)25(40)34-21(13-16-4-8-18(37)9-5-16)24(39)33-20(27(42)43)3-2-12-32-28(30)31/h4-11,15,20-23,36-38H,2-3,12-14,29H2,1H3,(H,33,39)(H,34,40)(H,35,41)(H,42,43)(H4,30,31,32). The highest BCUT2D eigenvalue weighted by Gasteiger charge is 2.31. The largest absolute Gasteiger partial charge is 0.508 e. The zero-order valence-corrected chi connectivity index (χ0v) is 23.6. The van der Waals surface area contributed by atoms with Crippen molar-refractivity contribution < 1.29 is 39.6 Å². The van der Waals surface area contributed by atoms with Crippen LogP contribution in [0.4, 0.5) is 0 Å². The highest BCUT2D eigenvalue weighted by Crippen LogP contribution is 2.14. The number of aliphatic hydroxyl groups is 1. The molecule has 234 valence electrons. The molecule has 0 bridgehead atoms. The van der Waals surface area contributed by atoms with E-state index in [4.69, 9.17) is 17.2 Å². The molecular weight excluding hydrogens is 562 g/mol. The predicted octanol–water partition coefficient (Wildman–Crippen LogP) is -1.82. The number of phenolic OH excluding ortho intramolecular Hbond substituents is 2. The van der Waals surface area contributed by atoms with Crippen LogP contribution in [0.2, 0.25) is 0 Å². The molecule has 0 aromatic heterocycles. The summed E-state index contributed by atoms with van der Waals surface area (Å²) in [4.78, 5) is 55.2. The third kappa shape index (κ3) is 11.9. The first kappa shape index (κ1) is 34.3. The number of carboxylic acid groups (broad SMARTS) is 1. The van der Waals surface area contributed by atoms with Crippen molar-refractivity contribution >= 4 is 29.7 Å². The predicted molar refractivity (Wildman–Crippen MR) is 157 cm³/mol. The van der Waals surface area contributed by atoms with Crippen LogP contribution in [0.15, 0.2) is 53.5 Å². The van der Waals surface area contributed by atoms with E-state index in [-0.39, 0.29) is 49.7 Å². The zero-order valence-electron chi connectivity index (χ0n) is 23.6. The minimum atomic E-state index is -1.35. The fourth-order valence-electron chi connectivity index (χ4n) is 3.95.